The quantitative estimate of drug-likeness (QED) is 0.929. The summed E-state index contributed by atoms with van der Waals surface area (Å²) in [6, 6.07) is 8.28. The number of methoxy groups -OCH3 is 1. The van der Waals surface area contributed by atoms with Crippen molar-refractivity contribution in [1.29, 1.82) is 0 Å². The van der Waals surface area contributed by atoms with Crippen LogP contribution in [0.25, 0.3) is 0 Å². The van der Waals surface area contributed by atoms with E-state index >= 15 is 0 Å². The van der Waals surface area contributed by atoms with Crippen molar-refractivity contribution in [2.45, 2.75) is 44.6 Å². The van der Waals surface area contributed by atoms with Gasteiger partial charge in [0.1, 0.15) is 5.75 Å². The monoisotopic (exact) mass is 317 g/mol. The van der Waals surface area contributed by atoms with Gasteiger partial charge in [-0.1, -0.05) is 12.1 Å². The highest BCUT2D eigenvalue weighted by Gasteiger charge is 2.44. The van der Waals surface area contributed by atoms with Crippen LogP contribution in [0.5, 0.6) is 5.75 Å². The van der Waals surface area contributed by atoms with Gasteiger partial charge in [0.2, 0.25) is 5.91 Å². The number of ether oxygens (including phenoxy) is 1. The van der Waals surface area contributed by atoms with E-state index in [0.717, 1.165) is 38.1 Å². The van der Waals surface area contributed by atoms with E-state index in [0.29, 0.717) is 18.8 Å². The lowest BCUT2D eigenvalue weighted by molar-refractivity contribution is -0.151. The fourth-order valence-corrected chi connectivity index (χ4v) is 3.89. The maximum Gasteiger partial charge on any atom is 0.225 e. The standard InChI is InChI=1S/C19H27NO3/c1-19(22)12-16(13-19)18(21)20-9-7-15(8-10-20)11-14-3-5-17(23-2)6-4-14/h3-6,15-16,22H,7-13H2,1-2H3/t16-,19+. The van der Waals surface area contributed by atoms with Crippen LogP contribution in [0.4, 0.5) is 0 Å². The number of likely N-dealkylation sites (tertiary alicyclic amines) is 1. The second-order valence-electron chi connectivity index (χ2n) is 7.42. The van der Waals surface area contributed by atoms with Crippen molar-refractivity contribution < 1.29 is 14.6 Å². The van der Waals surface area contributed by atoms with Crippen LogP contribution in [0, 0.1) is 11.8 Å². The summed E-state index contributed by atoms with van der Waals surface area (Å²) in [5.41, 5.74) is 0.720. The van der Waals surface area contributed by atoms with Crippen molar-refractivity contribution >= 4 is 5.91 Å². The zero-order chi connectivity index (χ0) is 16.4. The van der Waals surface area contributed by atoms with Crippen LogP contribution in [0.2, 0.25) is 0 Å². The molecule has 0 atom stereocenters. The Hall–Kier alpha value is -1.55. The lowest BCUT2D eigenvalue weighted by atomic mass is 9.71. The summed E-state index contributed by atoms with van der Waals surface area (Å²) in [6.45, 7) is 3.54. The topological polar surface area (TPSA) is 49.8 Å². The predicted octanol–water partition coefficient (Wildman–Crippen LogP) is 2.64. The number of carbonyl (C=O) groups excluding carboxylic acids is 1. The summed E-state index contributed by atoms with van der Waals surface area (Å²) in [4.78, 5) is 14.4. The molecule has 0 unspecified atom stereocenters. The summed E-state index contributed by atoms with van der Waals surface area (Å²) in [5.74, 6) is 1.84. The number of rotatable bonds is 4. The molecule has 0 spiro atoms. The van der Waals surface area contributed by atoms with E-state index in [4.69, 9.17) is 4.74 Å². The van der Waals surface area contributed by atoms with Gasteiger partial charge in [-0.2, -0.15) is 0 Å². The van der Waals surface area contributed by atoms with Crippen LogP contribution in [0.3, 0.4) is 0 Å². The second-order valence-corrected chi connectivity index (χ2v) is 7.42. The van der Waals surface area contributed by atoms with Crippen LogP contribution < -0.4 is 4.74 Å². The third-order valence-electron chi connectivity index (χ3n) is 5.33. The molecule has 1 N–H and O–H groups in total. The molecule has 1 aromatic carbocycles. The van der Waals surface area contributed by atoms with Gasteiger partial charge in [-0.3, -0.25) is 4.79 Å². The first kappa shape index (κ1) is 16.3. The average molecular weight is 317 g/mol. The maximum atomic E-state index is 12.4. The van der Waals surface area contributed by atoms with Crippen LogP contribution in [-0.2, 0) is 11.2 Å². The van der Waals surface area contributed by atoms with Crippen molar-refractivity contribution in [3.05, 3.63) is 29.8 Å². The smallest absolute Gasteiger partial charge is 0.225 e. The third kappa shape index (κ3) is 3.86. The first-order valence-electron chi connectivity index (χ1n) is 8.61. The van der Waals surface area contributed by atoms with E-state index in [9.17, 15) is 9.90 Å². The maximum absolute atomic E-state index is 12.4. The van der Waals surface area contributed by atoms with Gasteiger partial charge in [0.15, 0.2) is 0 Å². The van der Waals surface area contributed by atoms with E-state index in [-0.39, 0.29) is 11.8 Å². The summed E-state index contributed by atoms with van der Waals surface area (Å²) >= 11 is 0. The molecule has 1 heterocycles. The second kappa shape index (κ2) is 6.52. The molecule has 4 heteroatoms. The highest BCUT2D eigenvalue weighted by molar-refractivity contribution is 5.80. The molecule has 4 nitrogen and oxygen atoms in total. The molecule has 2 aliphatic rings. The van der Waals surface area contributed by atoms with Crippen molar-refractivity contribution in [2.24, 2.45) is 11.8 Å². The Morgan fingerprint density at radius 2 is 1.87 bits per heavy atom. The van der Waals surface area contributed by atoms with Crippen LogP contribution >= 0.6 is 0 Å². The third-order valence-corrected chi connectivity index (χ3v) is 5.33. The van der Waals surface area contributed by atoms with Crippen LogP contribution in [-0.4, -0.2) is 41.7 Å². The van der Waals surface area contributed by atoms with Crippen molar-refractivity contribution in [1.82, 2.24) is 4.90 Å². The Bertz CT molecular complexity index is 536. The molecule has 3 rings (SSSR count). The number of nitrogens with zero attached hydrogens (tertiary/aromatic N) is 1. The number of hydrogen-bond acceptors (Lipinski definition) is 3. The molecular weight excluding hydrogens is 290 g/mol. The van der Waals surface area contributed by atoms with E-state index in [1.165, 1.54) is 5.56 Å². The highest BCUT2D eigenvalue weighted by Crippen LogP contribution is 2.39. The van der Waals surface area contributed by atoms with E-state index in [2.05, 4.69) is 12.1 Å². The average Bonchev–Trinajstić information content (AvgIpc) is 2.53. The minimum absolute atomic E-state index is 0.0446. The van der Waals surface area contributed by atoms with Gasteiger partial charge in [0, 0.05) is 19.0 Å². The summed E-state index contributed by atoms with van der Waals surface area (Å²) in [6.07, 6.45) is 4.46. The fraction of sp³-hybridized carbons (Fsp3) is 0.632. The summed E-state index contributed by atoms with van der Waals surface area (Å²) in [5, 5.41) is 9.79. The molecule has 1 aromatic rings. The molecule has 0 radical (unpaired) electrons. The molecule has 1 saturated heterocycles. The number of amides is 1. The molecule has 1 aliphatic carbocycles. The Morgan fingerprint density at radius 1 is 1.26 bits per heavy atom. The number of piperidine rings is 1. The number of hydrogen-bond donors (Lipinski definition) is 1. The van der Waals surface area contributed by atoms with Crippen LogP contribution in [0.1, 0.15) is 38.2 Å². The van der Waals surface area contributed by atoms with Gasteiger partial charge in [0.25, 0.3) is 0 Å². The van der Waals surface area contributed by atoms with Crippen molar-refractivity contribution in [3.8, 4) is 5.75 Å². The van der Waals surface area contributed by atoms with Gasteiger partial charge in [-0.25, -0.2) is 0 Å². The van der Waals surface area contributed by atoms with Gasteiger partial charge < -0.3 is 14.7 Å². The predicted molar refractivity (Wildman–Crippen MR) is 89.3 cm³/mol. The first-order valence-corrected chi connectivity index (χ1v) is 8.61. The van der Waals surface area contributed by atoms with Crippen molar-refractivity contribution in [3.63, 3.8) is 0 Å². The summed E-state index contributed by atoms with van der Waals surface area (Å²) < 4.78 is 5.19. The normalized spacial score (nSPS) is 28.3. The molecule has 1 amide bonds. The molecule has 0 aromatic heterocycles. The molecule has 126 valence electrons. The van der Waals surface area contributed by atoms with Crippen LogP contribution in [0.15, 0.2) is 24.3 Å². The highest BCUT2D eigenvalue weighted by atomic mass is 16.5. The Kier molecular flexibility index (Phi) is 4.62. The summed E-state index contributed by atoms with van der Waals surface area (Å²) in [7, 11) is 1.68. The zero-order valence-corrected chi connectivity index (χ0v) is 14.1. The number of carbonyl (C=O) groups is 1. The number of aliphatic hydroxyl groups is 1. The fourth-order valence-electron chi connectivity index (χ4n) is 3.89. The largest absolute Gasteiger partial charge is 0.497 e. The van der Waals surface area contributed by atoms with Gasteiger partial charge in [0.05, 0.1) is 12.7 Å². The number of benzene rings is 1. The molecule has 2 fully saturated rings. The molecule has 1 saturated carbocycles. The minimum Gasteiger partial charge on any atom is -0.497 e. The lowest BCUT2D eigenvalue weighted by Crippen LogP contribution is -2.51. The van der Waals surface area contributed by atoms with E-state index in [1.54, 1.807) is 7.11 Å². The molecule has 23 heavy (non-hydrogen) atoms. The lowest BCUT2D eigenvalue weighted by Gasteiger charge is -2.43. The SMILES string of the molecule is COc1ccc(CC2CCN(C(=O)[C@H]3C[C@@](C)(O)C3)CC2)cc1. The minimum atomic E-state index is -0.618. The Labute approximate surface area is 138 Å². The Balaban J connectivity index is 1.45. The molecule has 1 aliphatic heterocycles. The molecular formula is C19H27NO3. The van der Waals surface area contributed by atoms with Crippen molar-refractivity contribution in [2.75, 3.05) is 20.2 Å². The van der Waals surface area contributed by atoms with E-state index in [1.807, 2.05) is 24.0 Å². The van der Waals surface area contributed by atoms with E-state index < -0.39 is 5.60 Å². The Morgan fingerprint density at radius 3 is 2.39 bits per heavy atom. The van der Waals surface area contributed by atoms with Gasteiger partial charge in [-0.15, -0.1) is 0 Å². The molecule has 0 bridgehead atoms. The zero-order valence-electron chi connectivity index (χ0n) is 14.1. The first-order chi connectivity index (χ1) is 11.0. The van der Waals surface area contributed by atoms with Gasteiger partial charge >= 0.3 is 0 Å². The van der Waals surface area contributed by atoms with Gasteiger partial charge in [-0.05, 0) is 62.6 Å².